The fraction of sp³-hybridized carbons (Fsp3) is 0.300. The molecule has 1 N–H and O–H groups in total. The van der Waals surface area contributed by atoms with Crippen LogP contribution in [0.25, 0.3) is 0 Å². The molecule has 26 heavy (non-hydrogen) atoms. The molecule has 0 unspecified atom stereocenters. The van der Waals surface area contributed by atoms with Gasteiger partial charge in [0.05, 0.1) is 18.2 Å². The Bertz CT molecular complexity index is 787. The predicted molar refractivity (Wildman–Crippen MR) is 101 cm³/mol. The van der Waals surface area contributed by atoms with Gasteiger partial charge in [0.15, 0.2) is 0 Å². The molecule has 6 nitrogen and oxygen atoms in total. The van der Waals surface area contributed by atoms with Crippen molar-refractivity contribution in [3.63, 3.8) is 0 Å². The molecule has 0 bridgehead atoms. The first-order valence-electron chi connectivity index (χ1n) is 8.29. The van der Waals surface area contributed by atoms with Gasteiger partial charge in [-0.3, -0.25) is 4.79 Å². The number of benzene rings is 2. The number of esters is 1. The largest absolute Gasteiger partial charge is 0.491 e. The van der Waals surface area contributed by atoms with Crippen LogP contribution in [0.15, 0.2) is 42.5 Å². The number of hydrogen-bond donors (Lipinski definition) is 1. The summed E-state index contributed by atoms with van der Waals surface area (Å²) in [6, 6.07) is 12.1. The maximum Gasteiger partial charge on any atom is 0.337 e. The van der Waals surface area contributed by atoms with Crippen LogP contribution >= 0.6 is 0 Å². The Morgan fingerprint density at radius 1 is 1.12 bits per heavy atom. The van der Waals surface area contributed by atoms with E-state index in [4.69, 9.17) is 9.47 Å². The van der Waals surface area contributed by atoms with Gasteiger partial charge in [0.2, 0.25) is 0 Å². The SMILES string of the molecule is COC(=O)c1ccc(C)c(NC(=O)c2ccccc2OCCN(C)C)c1. The number of nitrogens with zero attached hydrogens (tertiary/aromatic N) is 1. The number of amides is 1. The Morgan fingerprint density at radius 2 is 1.85 bits per heavy atom. The minimum atomic E-state index is -0.451. The van der Waals surface area contributed by atoms with Gasteiger partial charge in [-0.2, -0.15) is 0 Å². The van der Waals surface area contributed by atoms with Gasteiger partial charge in [0, 0.05) is 12.2 Å². The van der Waals surface area contributed by atoms with E-state index in [0.29, 0.717) is 29.2 Å². The third-order valence-electron chi connectivity index (χ3n) is 3.83. The van der Waals surface area contributed by atoms with E-state index in [-0.39, 0.29) is 5.91 Å². The molecule has 0 fully saturated rings. The summed E-state index contributed by atoms with van der Waals surface area (Å²) < 4.78 is 10.5. The zero-order chi connectivity index (χ0) is 19.1. The Morgan fingerprint density at radius 3 is 2.54 bits per heavy atom. The maximum atomic E-state index is 12.7. The first-order chi connectivity index (χ1) is 12.4. The fourth-order valence-electron chi connectivity index (χ4n) is 2.31. The van der Waals surface area contributed by atoms with E-state index >= 15 is 0 Å². The van der Waals surface area contributed by atoms with Crippen molar-refractivity contribution in [3.8, 4) is 5.75 Å². The third-order valence-corrected chi connectivity index (χ3v) is 3.83. The van der Waals surface area contributed by atoms with Gasteiger partial charge in [-0.25, -0.2) is 4.79 Å². The Hall–Kier alpha value is -2.86. The predicted octanol–water partition coefficient (Wildman–Crippen LogP) is 2.97. The molecule has 0 saturated carbocycles. The highest BCUT2D eigenvalue weighted by atomic mass is 16.5. The molecule has 0 aliphatic carbocycles. The molecule has 6 heteroatoms. The van der Waals surface area contributed by atoms with Gasteiger partial charge in [0.25, 0.3) is 5.91 Å². The minimum absolute atomic E-state index is 0.296. The number of carbonyl (C=O) groups is 2. The summed E-state index contributed by atoms with van der Waals surface area (Å²) in [7, 11) is 5.24. The van der Waals surface area contributed by atoms with Gasteiger partial charge in [-0.15, -0.1) is 0 Å². The number of rotatable bonds is 7. The smallest absolute Gasteiger partial charge is 0.337 e. The van der Waals surface area contributed by atoms with Crippen molar-refractivity contribution in [2.24, 2.45) is 0 Å². The Balaban J connectivity index is 2.19. The molecule has 138 valence electrons. The zero-order valence-corrected chi connectivity index (χ0v) is 15.5. The standard InChI is InChI=1S/C20H24N2O4/c1-14-9-10-15(20(24)25-4)13-17(14)21-19(23)16-7-5-6-8-18(16)26-12-11-22(2)3/h5-10,13H,11-12H2,1-4H3,(H,21,23). The van der Waals surface area contributed by atoms with Gasteiger partial charge in [-0.05, 0) is 50.8 Å². The first kappa shape index (κ1) is 19.5. The van der Waals surface area contributed by atoms with Crippen molar-refractivity contribution in [1.82, 2.24) is 4.90 Å². The highest BCUT2D eigenvalue weighted by Crippen LogP contribution is 2.22. The summed E-state index contributed by atoms with van der Waals surface area (Å²) in [5, 5.41) is 2.85. The molecule has 0 spiro atoms. The average Bonchev–Trinajstić information content (AvgIpc) is 2.63. The van der Waals surface area contributed by atoms with Crippen molar-refractivity contribution < 1.29 is 19.1 Å². The number of methoxy groups -OCH3 is 1. The van der Waals surface area contributed by atoms with Gasteiger partial charge < -0.3 is 19.7 Å². The molecule has 2 rings (SSSR count). The van der Waals surface area contributed by atoms with Crippen LogP contribution in [0.1, 0.15) is 26.3 Å². The van der Waals surface area contributed by atoms with E-state index in [1.165, 1.54) is 7.11 Å². The van der Waals surface area contributed by atoms with Crippen molar-refractivity contribution in [2.75, 3.05) is 39.7 Å². The lowest BCUT2D eigenvalue weighted by Crippen LogP contribution is -2.21. The molecule has 0 aliphatic heterocycles. The number of carbonyl (C=O) groups excluding carboxylic acids is 2. The molecule has 0 heterocycles. The van der Waals surface area contributed by atoms with E-state index in [1.54, 1.807) is 36.4 Å². The summed E-state index contributed by atoms with van der Waals surface area (Å²) in [5.41, 5.74) is 2.22. The molecular weight excluding hydrogens is 332 g/mol. The second kappa shape index (κ2) is 9.01. The van der Waals surface area contributed by atoms with Crippen molar-refractivity contribution in [2.45, 2.75) is 6.92 Å². The number of aryl methyl sites for hydroxylation is 1. The first-order valence-corrected chi connectivity index (χ1v) is 8.29. The zero-order valence-electron chi connectivity index (χ0n) is 15.5. The van der Waals surface area contributed by atoms with E-state index in [1.807, 2.05) is 32.0 Å². The summed E-state index contributed by atoms with van der Waals surface area (Å²) in [4.78, 5) is 26.4. The van der Waals surface area contributed by atoms with E-state index < -0.39 is 5.97 Å². The molecule has 0 radical (unpaired) electrons. The number of hydrogen-bond acceptors (Lipinski definition) is 5. The number of likely N-dealkylation sites (N-methyl/N-ethyl adjacent to an activating group) is 1. The summed E-state index contributed by atoms with van der Waals surface area (Å²) >= 11 is 0. The molecule has 1 amide bonds. The van der Waals surface area contributed by atoms with E-state index in [2.05, 4.69) is 5.32 Å². The number of anilines is 1. The van der Waals surface area contributed by atoms with Crippen LogP contribution in [-0.4, -0.2) is 51.1 Å². The number of nitrogens with one attached hydrogen (secondary N) is 1. The Labute approximate surface area is 153 Å². The van der Waals surface area contributed by atoms with Crippen LogP contribution in [0.2, 0.25) is 0 Å². The van der Waals surface area contributed by atoms with Crippen molar-refractivity contribution in [1.29, 1.82) is 0 Å². The van der Waals surface area contributed by atoms with E-state index in [0.717, 1.165) is 12.1 Å². The van der Waals surface area contributed by atoms with Crippen molar-refractivity contribution in [3.05, 3.63) is 59.2 Å². The van der Waals surface area contributed by atoms with Crippen LogP contribution in [0.5, 0.6) is 5.75 Å². The van der Waals surface area contributed by atoms with Crippen LogP contribution < -0.4 is 10.1 Å². The minimum Gasteiger partial charge on any atom is -0.491 e. The number of ether oxygens (including phenoxy) is 2. The van der Waals surface area contributed by atoms with Gasteiger partial charge in [0.1, 0.15) is 12.4 Å². The van der Waals surface area contributed by atoms with Crippen molar-refractivity contribution >= 4 is 17.6 Å². The molecule has 0 saturated heterocycles. The molecule has 0 atom stereocenters. The summed E-state index contributed by atoms with van der Waals surface area (Å²) in [6.45, 7) is 3.08. The normalized spacial score (nSPS) is 10.5. The molecular formula is C20H24N2O4. The highest BCUT2D eigenvalue weighted by molar-refractivity contribution is 6.07. The lowest BCUT2D eigenvalue weighted by Gasteiger charge is -2.15. The van der Waals surface area contributed by atoms with Crippen LogP contribution in [0, 0.1) is 6.92 Å². The topological polar surface area (TPSA) is 67.9 Å². The van der Waals surface area contributed by atoms with E-state index in [9.17, 15) is 9.59 Å². The fourth-order valence-corrected chi connectivity index (χ4v) is 2.31. The second-order valence-electron chi connectivity index (χ2n) is 6.12. The highest BCUT2D eigenvalue weighted by Gasteiger charge is 2.15. The van der Waals surface area contributed by atoms with Gasteiger partial charge in [-0.1, -0.05) is 18.2 Å². The van der Waals surface area contributed by atoms with Crippen LogP contribution in [-0.2, 0) is 4.74 Å². The molecule has 0 aromatic heterocycles. The van der Waals surface area contributed by atoms with Gasteiger partial charge >= 0.3 is 5.97 Å². The Kier molecular flexibility index (Phi) is 6.74. The monoisotopic (exact) mass is 356 g/mol. The number of para-hydroxylation sites is 1. The molecule has 2 aromatic carbocycles. The molecule has 2 aromatic rings. The second-order valence-corrected chi connectivity index (χ2v) is 6.12. The lowest BCUT2D eigenvalue weighted by atomic mass is 10.1. The lowest BCUT2D eigenvalue weighted by molar-refractivity contribution is 0.0600. The third kappa shape index (κ3) is 5.07. The quantitative estimate of drug-likeness (QED) is 0.773. The summed E-state index contributed by atoms with van der Waals surface area (Å²) in [6.07, 6.45) is 0. The summed E-state index contributed by atoms with van der Waals surface area (Å²) in [5.74, 6) is -0.225. The molecule has 0 aliphatic rings. The van der Waals surface area contributed by atoms with Crippen LogP contribution in [0.4, 0.5) is 5.69 Å². The average molecular weight is 356 g/mol. The van der Waals surface area contributed by atoms with Crippen LogP contribution in [0.3, 0.4) is 0 Å². The maximum absolute atomic E-state index is 12.7.